The molecule has 1 unspecified atom stereocenters. The van der Waals surface area contributed by atoms with Crippen molar-refractivity contribution in [2.45, 2.75) is 38.8 Å². The summed E-state index contributed by atoms with van der Waals surface area (Å²) >= 11 is 0. The molecule has 3 aromatic rings. The van der Waals surface area contributed by atoms with Gasteiger partial charge in [-0.3, -0.25) is 4.90 Å². The van der Waals surface area contributed by atoms with Gasteiger partial charge in [0.2, 0.25) is 0 Å². The lowest BCUT2D eigenvalue weighted by molar-refractivity contribution is 0.0696. The highest BCUT2D eigenvalue weighted by molar-refractivity contribution is 5.88. The number of hydrogen-bond acceptors (Lipinski definition) is 4. The van der Waals surface area contributed by atoms with Crippen LogP contribution in [0.1, 0.15) is 52.4 Å². The van der Waals surface area contributed by atoms with Crippen molar-refractivity contribution in [3.63, 3.8) is 0 Å². The van der Waals surface area contributed by atoms with E-state index in [-0.39, 0.29) is 6.04 Å². The Morgan fingerprint density at radius 3 is 2.56 bits per heavy atom. The summed E-state index contributed by atoms with van der Waals surface area (Å²) in [5.74, 6) is 0.0103. The fraction of sp³-hybridized carbons (Fsp3) is 0.423. The minimum atomic E-state index is -0.892. The van der Waals surface area contributed by atoms with E-state index in [0.717, 1.165) is 43.0 Å². The molecule has 0 amide bonds. The molecule has 1 atom stereocenters. The fourth-order valence-corrected chi connectivity index (χ4v) is 4.87. The van der Waals surface area contributed by atoms with E-state index in [1.165, 1.54) is 35.8 Å². The Hall–Kier alpha value is -2.83. The number of likely N-dealkylation sites (N-methyl/N-ethyl adjacent to an activating group) is 1. The van der Waals surface area contributed by atoms with E-state index in [0.29, 0.717) is 5.56 Å². The highest BCUT2D eigenvalue weighted by Gasteiger charge is 2.24. The van der Waals surface area contributed by atoms with E-state index in [1.807, 2.05) is 18.3 Å². The number of benzene rings is 2. The molecule has 1 aromatic heterocycles. The quantitative estimate of drug-likeness (QED) is 0.530. The molecule has 32 heavy (non-hydrogen) atoms. The first-order valence-electron chi connectivity index (χ1n) is 11.4. The number of methoxy groups -OCH3 is 1. The summed E-state index contributed by atoms with van der Waals surface area (Å²) < 4.78 is 5.77. The number of carboxylic acid groups (broad SMARTS) is 1. The standard InChI is InChI=1S/C26H33N3O3/c1-18-15-24(32-3)22(21-11-12-27-25(18)21)16-28(2)23(17-29-13-5-4-6-14-29)19-7-9-20(10-8-19)26(30)31/h7-12,15,23,27H,4-6,13-14,16-17H2,1-3H3,(H,30,31). The van der Waals surface area contributed by atoms with Crippen LogP contribution >= 0.6 is 0 Å². The number of hydrogen-bond donors (Lipinski definition) is 2. The van der Waals surface area contributed by atoms with Crippen molar-refractivity contribution in [2.24, 2.45) is 0 Å². The van der Waals surface area contributed by atoms with Gasteiger partial charge in [-0.15, -0.1) is 0 Å². The molecule has 0 radical (unpaired) electrons. The molecule has 0 saturated carbocycles. The maximum atomic E-state index is 11.3. The van der Waals surface area contributed by atoms with Crippen molar-refractivity contribution in [2.75, 3.05) is 33.8 Å². The molecular formula is C26H33N3O3. The van der Waals surface area contributed by atoms with Gasteiger partial charge in [-0.2, -0.15) is 0 Å². The average molecular weight is 436 g/mol. The number of rotatable bonds is 8. The van der Waals surface area contributed by atoms with E-state index < -0.39 is 5.97 Å². The van der Waals surface area contributed by atoms with Gasteiger partial charge in [0, 0.05) is 41.8 Å². The van der Waals surface area contributed by atoms with Crippen molar-refractivity contribution in [3.05, 3.63) is 64.8 Å². The van der Waals surface area contributed by atoms with Crippen LogP contribution in [0.5, 0.6) is 5.75 Å². The Labute approximate surface area is 189 Å². The number of likely N-dealkylation sites (tertiary alicyclic amines) is 1. The lowest BCUT2D eigenvalue weighted by atomic mass is 9.99. The van der Waals surface area contributed by atoms with Gasteiger partial charge >= 0.3 is 5.97 Å². The topological polar surface area (TPSA) is 68.8 Å². The van der Waals surface area contributed by atoms with Crippen LogP contribution in [0.15, 0.2) is 42.6 Å². The molecule has 1 saturated heterocycles. The number of aromatic carboxylic acids is 1. The molecule has 4 rings (SSSR count). The normalized spacial score (nSPS) is 15.9. The highest BCUT2D eigenvalue weighted by atomic mass is 16.5. The minimum Gasteiger partial charge on any atom is -0.496 e. The number of carbonyl (C=O) groups is 1. The molecule has 2 N–H and O–H groups in total. The second kappa shape index (κ2) is 9.76. The molecule has 0 bridgehead atoms. The van der Waals surface area contributed by atoms with E-state index in [4.69, 9.17) is 4.74 Å². The van der Waals surface area contributed by atoms with Crippen LogP contribution in [-0.4, -0.2) is 59.7 Å². The van der Waals surface area contributed by atoms with Gasteiger partial charge in [-0.05, 0) is 75.3 Å². The number of aromatic nitrogens is 1. The van der Waals surface area contributed by atoms with Crippen molar-refractivity contribution < 1.29 is 14.6 Å². The maximum absolute atomic E-state index is 11.3. The van der Waals surface area contributed by atoms with Gasteiger partial charge in [-0.1, -0.05) is 18.6 Å². The summed E-state index contributed by atoms with van der Waals surface area (Å²) in [5, 5.41) is 10.5. The first-order valence-corrected chi connectivity index (χ1v) is 11.4. The summed E-state index contributed by atoms with van der Waals surface area (Å²) in [7, 11) is 3.88. The molecule has 0 aliphatic carbocycles. The van der Waals surface area contributed by atoms with Gasteiger partial charge in [0.1, 0.15) is 5.75 Å². The van der Waals surface area contributed by atoms with Crippen molar-refractivity contribution >= 4 is 16.9 Å². The number of fused-ring (bicyclic) bond motifs is 1. The second-order valence-electron chi connectivity index (χ2n) is 8.86. The monoisotopic (exact) mass is 435 g/mol. The Kier molecular flexibility index (Phi) is 6.82. The lowest BCUT2D eigenvalue weighted by Crippen LogP contribution is -2.39. The number of nitrogens with zero attached hydrogens (tertiary/aromatic N) is 2. The molecule has 6 heteroatoms. The number of aryl methyl sites for hydroxylation is 1. The number of carboxylic acids is 1. The van der Waals surface area contributed by atoms with E-state index in [2.05, 4.69) is 40.9 Å². The lowest BCUT2D eigenvalue weighted by Gasteiger charge is -2.35. The van der Waals surface area contributed by atoms with Crippen LogP contribution in [0, 0.1) is 6.92 Å². The number of piperidine rings is 1. The molecule has 1 aliphatic heterocycles. The maximum Gasteiger partial charge on any atom is 0.335 e. The molecule has 6 nitrogen and oxygen atoms in total. The third-order valence-corrected chi connectivity index (χ3v) is 6.69. The Bertz CT molecular complexity index is 1070. The molecular weight excluding hydrogens is 402 g/mol. The molecule has 2 aromatic carbocycles. The third kappa shape index (κ3) is 4.66. The SMILES string of the molecule is COc1cc(C)c2[nH]ccc2c1CN(C)C(CN1CCCCC1)c1ccc(C(=O)O)cc1. The molecule has 1 aliphatic rings. The van der Waals surface area contributed by atoms with Crippen LogP contribution in [0.2, 0.25) is 0 Å². The van der Waals surface area contributed by atoms with Crippen LogP contribution in [-0.2, 0) is 6.54 Å². The smallest absolute Gasteiger partial charge is 0.335 e. The Morgan fingerprint density at radius 1 is 1.19 bits per heavy atom. The van der Waals surface area contributed by atoms with Gasteiger partial charge in [0.25, 0.3) is 0 Å². The largest absolute Gasteiger partial charge is 0.496 e. The van der Waals surface area contributed by atoms with E-state index in [1.54, 1.807) is 19.2 Å². The first kappa shape index (κ1) is 22.4. The number of nitrogens with one attached hydrogen (secondary N) is 1. The van der Waals surface area contributed by atoms with Crippen molar-refractivity contribution in [1.82, 2.24) is 14.8 Å². The highest BCUT2D eigenvalue weighted by Crippen LogP contribution is 2.33. The predicted molar refractivity (Wildman–Crippen MR) is 127 cm³/mol. The minimum absolute atomic E-state index is 0.149. The van der Waals surface area contributed by atoms with Crippen LogP contribution in [0.3, 0.4) is 0 Å². The second-order valence-corrected chi connectivity index (χ2v) is 8.86. The zero-order chi connectivity index (χ0) is 22.7. The summed E-state index contributed by atoms with van der Waals surface area (Å²) in [6.45, 7) is 5.99. The third-order valence-electron chi connectivity index (χ3n) is 6.69. The van der Waals surface area contributed by atoms with E-state index >= 15 is 0 Å². The van der Waals surface area contributed by atoms with Gasteiger partial charge in [-0.25, -0.2) is 4.79 Å². The van der Waals surface area contributed by atoms with Gasteiger partial charge in [0.05, 0.1) is 12.7 Å². The fourth-order valence-electron chi connectivity index (χ4n) is 4.87. The summed E-state index contributed by atoms with van der Waals surface area (Å²) in [6, 6.07) is 11.7. The molecule has 2 heterocycles. The van der Waals surface area contributed by atoms with Crippen LogP contribution in [0.4, 0.5) is 0 Å². The molecule has 170 valence electrons. The summed E-state index contributed by atoms with van der Waals surface area (Å²) in [4.78, 5) is 19.6. The summed E-state index contributed by atoms with van der Waals surface area (Å²) in [6.07, 6.45) is 5.76. The molecule has 1 fully saturated rings. The summed E-state index contributed by atoms with van der Waals surface area (Å²) in [5.41, 5.74) is 4.94. The zero-order valence-corrected chi connectivity index (χ0v) is 19.2. The number of ether oxygens (including phenoxy) is 1. The van der Waals surface area contributed by atoms with Gasteiger partial charge < -0.3 is 19.7 Å². The van der Waals surface area contributed by atoms with Crippen LogP contribution < -0.4 is 4.74 Å². The number of H-pyrrole nitrogens is 1. The van der Waals surface area contributed by atoms with E-state index in [9.17, 15) is 9.90 Å². The first-order chi connectivity index (χ1) is 15.5. The molecule has 0 spiro atoms. The van der Waals surface area contributed by atoms with Crippen molar-refractivity contribution in [1.29, 1.82) is 0 Å². The van der Waals surface area contributed by atoms with Crippen molar-refractivity contribution in [3.8, 4) is 5.75 Å². The number of aromatic amines is 1. The van der Waals surface area contributed by atoms with Gasteiger partial charge in [0.15, 0.2) is 0 Å². The predicted octanol–water partition coefficient (Wildman–Crippen LogP) is 4.84. The van der Waals surface area contributed by atoms with Crippen LogP contribution in [0.25, 0.3) is 10.9 Å². The Balaban J connectivity index is 1.66. The zero-order valence-electron chi connectivity index (χ0n) is 19.2. The average Bonchev–Trinajstić information content (AvgIpc) is 3.30. The Morgan fingerprint density at radius 2 is 1.91 bits per heavy atom.